The molecule has 154 valence electrons. The van der Waals surface area contributed by atoms with Gasteiger partial charge in [0, 0.05) is 22.5 Å². The average molecular weight is 438 g/mol. The highest BCUT2D eigenvalue weighted by atomic mass is 16.5. The summed E-state index contributed by atoms with van der Waals surface area (Å²) < 4.78 is 9.49. The number of para-hydroxylation sites is 3. The van der Waals surface area contributed by atoms with Gasteiger partial charge in [0.2, 0.25) is 5.95 Å². The van der Waals surface area contributed by atoms with Crippen LogP contribution in [0.25, 0.3) is 44.5 Å². The Kier molecular flexibility index (Phi) is 4.92. The largest absolute Gasteiger partial charge is 0.497 e. The second kappa shape index (κ2) is 7.91. The molecular weight excluding hydrogens is 424 g/mol. The molecule has 10 radical (unpaired) electrons. The van der Waals surface area contributed by atoms with E-state index in [0.717, 1.165) is 38.6 Å². The van der Waals surface area contributed by atoms with Crippen molar-refractivity contribution in [2.24, 2.45) is 0 Å². The van der Waals surface area contributed by atoms with Crippen LogP contribution in [0.3, 0.4) is 0 Å². The van der Waals surface area contributed by atoms with Gasteiger partial charge in [0.25, 0.3) is 0 Å². The second-order valence-corrected chi connectivity index (χ2v) is 8.39. The first-order chi connectivity index (χ1) is 16.9. The van der Waals surface area contributed by atoms with Crippen molar-refractivity contribution in [3.8, 4) is 17.4 Å². The summed E-state index contributed by atoms with van der Waals surface area (Å²) in [5.74, 6) is 1.30. The molecule has 0 unspecified atom stereocenters. The van der Waals surface area contributed by atoms with Gasteiger partial charge in [-0.05, 0) is 30.3 Å². The first-order valence-electron chi connectivity index (χ1n) is 11.0. The van der Waals surface area contributed by atoms with E-state index in [9.17, 15) is 0 Å². The van der Waals surface area contributed by atoms with Gasteiger partial charge in [-0.2, -0.15) is 0 Å². The maximum atomic E-state index is 6.51. The van der Waals surface area contributed by atoms with E-state index in [1.54, 1.807) is 7.11 Å². The van der Waals surface area contributed by atoms with Crippen LogP contribution in [0.2, 0.25) is 0 Å². The Hall–Kier alpha value is -3.73. The molecule has 0 aliphatic heterocycles. The molecule has 6 aromatic rings. The Bertz CT molecular complexity index is 1780. The van der Waals surface area contributed by atoms with Gasteiger partial charge in [0.1, 0.15) is 45.0 Å². The molecule has 0 atom stereocenters. The number of hydrogen-bond acceptors (Lipinski definition) is 2. The SMILES string of the molecule is [B]c1c([B])c([B])c(-n2c(-n3c4ccccc4c4ccc(OC)cc43)nc3ccccc32)c([B])c1[B]. The molecule has 0 fully saturated rings. The summed E-state index contributed by atoms with van der Waals surface area (Å²) in [6.07, 6.45) is 0. The minimum Gasteiger partial charge on any atom is -0.497 e. The molecule has 0 spiro atoms. The van der Waals surface area contributed by atoms with Gasteiger partial charge in [-0.1, -0.05) is 41.3 Å². The van der Waals surface area contributed by atoms with E-state index in [0.29, 0.717) is 11.6 Å². The summed E-state index contributed by atoms with van der Waals surface area (Å²) in [5, 5.41) is 2.12. The smallest absolute Gasteiger partial charge is 0.220 e. The Morgan fingerprint density at radius 3 is 1.94 bits per heavy atom. The molecule has 4 nitrogen and oxygen atoms in total. The van der Waals surface area contributed by atoms with Crippen LogP contribution in [0.5, 0.6) is 5.75 Å². The van der Waals surface area contributed by atoms with Crippen LogP contribution in [-0.2, 0) is 0 Å². The molecule has 2 aromatic heterocycles. The zero-order valence-electron chi connectivity index (χ0n) is 19.0. The van der Waals surface area contributed by atoms with Crippen molar-refractivity contribution in [3.05, 3.63) is 66.7 Å². The summed E-state index contributed by atoms with van der Waals surface area (Å²) in [5.41, 5.74) is 4.84. The zero-order chi connectivity index (χ0) is 24.4. The number of fused-ring (bicyclic) bond motifs is 4. The van der Waals surface area contributed by atoms with Gasteiger partial charge >= 0.3 is 0 Å². The normalized spacial score (nSPS) is 11.6. The van der Waals surface area contributed by atoms with E-state index in [2.05, 4.69) is 10.6 Å². The first-order valence-corrected chi connectivity index (χ1v) is 11.0. The Labute approximate surface area is 209 Å². The third-order valence-corrected chi connectivity index (χ3v) is 6.52. The highest BCUT2D eigenvalue weighted by Crippen LogP contribution is 2.35. The van der Waals surface area contributed by atoms with E-state index in [1.165, 1.54) is 0 Å². The van der Waals surface area contributed by atoms with E-state index in [-0.39, 0.29) is 27.3 Å². The number of nitrogens with zero attached hydrogens (tertiary/aromatic N) is 3. The van der Waals surface area contributed by atoms with Gasteiger partial charge in [-0.15, -0.1) is 16.4 Å². The van der Waals surface area contributed by atoms with Crippen molar-refractivity contribution in [2.45, 2.75) is 0 Å². The summed E-state index contributed by atoms with van der Waals surface area (Å²) in [6.45, 7) is 0. The second-order valence-electron chi connectivity index (χ2n) is 8.39. The van der Waals surface area contributed by atoms with Crippen LogP contribution in [0.1, 0.15) is 0 Å². The maximum Gasteiger partial charge on any atom is 0.220 e. The Balaban J connectivity index is 1.84. The lowest BCUT2D eigenvalue weighted by Gasteiger charge is -2.23. The van der Waals surface area contributed by atoms with Crippen molar-refractivity contribution in [2.75, 3.05) is 7.11 Å². The molecule has 0 saturated heterocycles. The lowest BCUT2D eigenvalue weighted by atomic mass is 9.61. The number of rotatable bonds is 3. The summed E-state index contributed by atoms with van der Waals surface area (Å²) in [6, 6.07) is 21.8. The molecular formula is C26H14B5N3O. The summed E-state index contributed by atoms with van der Waals surface area (Å²) >= 11 is 0. The van der Waals surface area contributed by atoms with Crippen molar-refractivity contribution < 1.29 is 4.74 Å². The third kappa shape index (κ3) is 3.04. The molecule has 35 heavy (non-hydrogen) atoms. The molecule has 0 bridgehead atoms. The highest BCUT2D eigenvalue weighted by molar-refractivity contribution is 6.68. The first kappa shape index (κ1) is 21.8. The number of benzene rings is 4. The van der Waals surface area contributed by atoms with Crippen LogP contribution in [-0.4, -0.2) is 60.5 Å². The molecule has 4 aromatic carbocycles. The topological polar surface area (TPSA) is 32.0 Å². The fourth-order valence-corrected chi connectivity index (χ4v) is 4.75. The molecule has 9 heteroatoms. The third-order valence-electron chi connectivity index (χ3n) is 6.52. The summed E-state index contributed by atoms with van der Waals surface area (Å²) in [7, 11) is 33.2. The number of aromatic nitrogens is 3. The lowest BCUT2D eigenvalue weighted by molar-refractivity contribution is 0.415. The van der Waals surface area contributed by atoms with Gasteiger partial charge in [0.05, 0.1) is 29.2 Å². The zero-order valence-corrected chi connectivity index (χ0v) is 19.0. The fourth-order valence-electron chi connectivity index (χ4n) is 4.75. The van der Waals surface area contributed by atoms with E-state index in [1.807, 2.05) is 65.2 Å². The minimum atomic E-state index is 0.163. The Morgan fingerprint density at radius 1 is 0.629 bits per heavy atom. The molecule has 6 rings (SSSR count). The van der Waals surface area contributed by atoms with Gasteiger partial charge in [0.15, 0.2) is 0 Å². The molecule has 0 amide bonds. The number of ether oxygens (including phenoxy) is 1. The standard InChI is InChI=1S/C26H14B5N3O/c1-35-13-10-11-15-14-6-2-4-8-17(14)33(19(15)12-13)26-32-16-7-3-5-9-18(16)34(26)25-23(30)21(28)20(27)22(29)24(25)31/h2-12H,1H3. The van der Waals surface area contributed by atoms with Crippen LogP contribution in [0, 0.1) is 0 Å². The quantitative estimate of drug-likeness (QED) is 0.367. The number of methoxy groups -OCH3 is 1. The van der Waals surface area contributed by atoms with E-state index in [4.69, 9.17) is 49.0 Å². The minimum absolute atomic E-state index is 0.163. The van der Waals surface area contributed by atoms with Gasteiger partial charge in [-0.3, -0.25) is 9.13 Å². The molecule has 0 aliphatic rings. The molecule has 0 saturated carbocycles. The monoisotopic (exact) mass is 439 g/mol. The van der Waals surface area contributed by atoms with E-state index >= 15 is 0 Å². The maximum absolute atomic E-state index is 6.51. The van der Waals surface area contributed by atoms with Crippen molar-refractivity contribution in [1.29, 1.82) is 0 Å². The molecule has 0 aliphatic carbocycles. The summed E-state index contributed by atoms with van der Waals surface area (Å²) in [4.78, 5) is 5.01. The number of hydrogen-bond donors (Lipinski definition) is 0. The van der Waals surface area contributed by atoms with Gasteiger partial charge < -0.3 is 4.74 Å². The van der Waals surface area contributed by atoms with Crippen molar-refractivity contribution in [1.82, 2.24) is 14.1 Å². The predicted octanol–water partition coefficient (Wildman–Crippen LogP) is 0.100. The van der Waals surface area contributed by atoms with Crippen molar-refractivity contribution in [3.63, 3.8) is 0 Å². The highest BCUT2D eigenvalue weighted by Gasteiger charge is 2.22. The van der Waals surface area contributed by atoms with E-state index < -0.39 is 0 Å². The Morgan fingerprint density at radius 2 is 1.23 bits per heavy atom. The molecule has 0 N–H and O–H groups in total. The van der Waals surface area contributed by atoms with Crippen LogP contribution < -0.4 is 32.1 Å². The van der Waals surface area contributed by atoms with Crippen LogP contribution in [0.15, 0.2) is 66.7 Å². The number of imidazole rings is 1. The van der Waals surface area contributed by atoms with Crippen LogP contribution >= 0.6 is 0 Å². The predicted molar refractivity (Wildman–Crippen MR) is 149 cm³/mol. The fraction of sp³-hybridized carbons (Fsp3) is 0.0385. The van der Waals surface area contributed by atoms with Gasteiger partial charge in [-0.25, -0.2) is 4.98 Å². The molecule has 2 heterocycles. The average Bonchev–Trinajstić information content (AvgIpc) is 3.41. The van der Waals surface area contributed by atoms with Crippen LogP contribution in [0.4, 0.5) is 0 Å². The lowest BCUT2D eigenvalue weighted by Crippen LogP contribution is -2.56. The van der Waals surface area contributed by atoms with Crippen molar-refractivity contribution >= 4 is 99.4 Å².